The van der Waals surface area contributed by atoms with E-state index in [0.29, 0.717) is 28.2 Å². The highest BCUT2D eigenvalue weighted by Gasteiger charge is 2.06. The summed E-state index contributed by atoms with van der Waals surface area (Å²) in [5.41, 5.74) is 1.80. The molecule has 0 radical (unpaired) electrons. The van der Waals surface area contributed by atoms with Gasteiger partial charge in [0.25, 0.3) is 0 Å². The molecule has 0 aliphatic rings. The molecule has 0 aliphatic carbocycles. The Kier molecular flexibility index (Phi) is 5.41. The maximum atomic E-state index is 6.15. The van der Waals surface area contributed by atoms with Crippen molar-refractivity contribution in [3.8, 4) is 5.75 Å². The van der Waals surface area contributed by atoms with Gasteiger partial charge >= 0.3 is 0 Å². The molecule has 0 aromatic heterocycles. The van der Waals surface area contributed by atoms with Gasteiger partial charge in [-0.15, -0.1) is 0 Å². The first-order valence-electron chi connectivity index (χ1n) is 6.20. The van der Waals surface area contributed by atoms with Crippen LogP contribution in [0.2, 0.25) is 15.1 Å². The van der Waals surface area contributed by atoms with E-state index in [2.05, 4.69) is 5.32 Å². The van der Waals surface area contributed by atoms with E-state index in [9.17, 15) is 0 Å². The van der Waals surface area contributed by atoms with E-state index in [1.807, 2.05) is 31.2 Å². The Morgan fingerprint density at radius 2 is 1.70 bits per heavy atom. The fourth-order valence-electron chi connectivity index (χ4n) is 1.78. The van der Waals surface area contributed by atoms with Gasteiger partial charge in [0.15, 0.2) is 0 Å². The molecule has 0 aliphatic heterocycles. The third-order valence-electron chi connectivity index (χ3n) is 2.73. The molecule has 0 unspecified atom stereocenters. The predicted octanol–water partition coefficient (Wildman–Crippen LogP) is 5.66. The minimum atomic E-state index is 0.566. The summed E-state index contributed by atoms with van der Waals surface area (Å²) in [7, 11) is 0. The molecule has 0 heterocycles. The molecular weight excluding hydrogens is 317 g/mol. The summed E-state index contributed by atoms with van der Waals surface area (Å²) in [6.07, 6.45) is 0. The Hall–Kier alpha value is -1.09. The molecule has 0 bridgehead atoms. The molecule has 5 heteroatoms. The Morgan fingerprint density at radius 3 is 2.40 bits per heavy atom. The molecular formula is C15H14Cl3NO. The van der Waals surface area contributed by atoms with E-state index in [0.717, 1.165) is 17.0 Å². The zero-order valence-electron chi connectivity index (χ0n) is 10.9. The van der Waals surface area contributed by atoms with Gasteiger partial charge in [0.1, 0.15) is 5.75 Å². The number of halogens is 3. The van der Waals surface area contributed by atoms with E-state index >= 15 is 0 Å². The smallest absolute Gasteiger partial charge is 0.142 e. The molecule has 0 spiro atoms. The second kappa shape index (κ2) is 7.07. The van der Waals surface area contributed by atoms with Crippen LogP contribution in [0.3, 0.4) is 0 Å². The van der Waals surface area contributed by atoms with Gasteiger partial charge in [-0.2, -0.15) is 0 Å². The lowest BCUT2D eigenvalue weighted by molar-refractivity contribution is 0.341. The number of rotatable bonds is 5. The molecule has 0 atom stereocenters. The topological polar surface area (TPSA) is 21.3 Å². The van der Waals surface area contributed by atoms with Crippen molar-refractivity contribution >= 4 is 40.5 Å². The molecule has 2 nitrogen and oxygen atoms in total. The summed E-state index contributed by atoms with van der Waals surface area (Å²) in [4.78, 5) is 0. The van der Waals surface area contributed by atoms with Crippen LogP contribution in [0.25, 0.3) is 0 Å². The zero-order valence-corrected chi connectivity index (χ0v) is 13.2. The highest BCUT2D eigenvalue weighted by Crippen LogP contribution is 2.29. The lowest BCUT2D eigenvalue weighted by Crippen LogP contribution is -2.03. The SMILES string of the molecule is CCOc1ccc(Cl)cc1NCc1ccc(Cl)cc1Cl. The monoisotopic (exact) mass is 329 g/mol. The fraction of sp³-hybridized carbons (Fsp3) is 0.200. The lowest BCUT2D eigenvalue weighted by atomic mass is 10.2. The number of anilines is 1. The van der Waals surface area contributed by atoms with Gasteiger partial charge in [0.05, 0.1) is 12.3 Å². The minimum Gasteiger partial charge on any atom is -0.492 e. The first kappa shape index (κ1) is 15.3. The van der Waals surface area contributed by atoms with Crippen molar-refractivity contribution in [3.63, 3.8) is 0 Å². The second-order valence-corrected chi connectivity index (χ2v) is 5.44. The van der Waals surface area contributed by atoms with E-state index in [1.165, 1.54) is 0 Å². The highest BCUT2D eigenvalue weighted by atomic mass is 35.5. The summed E-state index contributed by atoms with van der Waals surface area (Å²) in [6.45, 7) is 3.10. The summed E-state index contributed by atoms with van der Waals surface area (Å²) in [6, 6.07) is 10.9. The van der Waals surface area contributed by atoms with Crippen LogP contribution >= 0.6 is 34.8 Å². The minimum absolute atomic E-state index is 0.566. The van der Waals surface area contributed by atoms with Crippen molar-refractivity contribution < 1.29 is 4.74 Å². The third kappa shape index (κ3) is 3.95. The van der Waals surface area contributed by atoms with Gasteiger partial charge < -0.3 is 10.1 Å². The van der Waals surface area contributed by atoms with Crippen LogP contribution in [0.15, 0.2) is 36.4 Å². The van der Waals surface area contributed by atoms with Crippen molar-refractivity contribution in [2.75, 3.05) is 11.9 Å². The van der Waals surface area contributed by atoms with Crippen LogP contribution < -0.4 is 10.1 Å². The standard InChI is InChI=1S/C15H14Cl3NO/c1-2-20-15-6-5-12(17)8-14(15)19-9-10-3-4-11(16)7-13(10)18/h3-8,19H,2,9H2,1H3. The number of benzene rings is 2. The average Bonchev–Trinajstić information content (AvgIpc) is 2.41. The molecule has 1 N–H and O–H groups in total. The van der Waals surface area contributed by atoms with Crippen molar-refractivity contribution in [1.29, 1.82) is 0 Å². The summed E-state index contributed by atoms with van der Waals surface area (Å²) in [5.74, 6) is 0.766. The second-order valence-electron chi connectivity index (χ2n) is 4.16. The molecule has 0 amide bonds. The third-order valence-corrected chi connectivity index (χ3v) is 3.55. The van der Waals surface area contributed by atoms with Crippen LogP contribution in [0.1, 0.15) is 12.5 Å². The normalized spacial score (nSPS) is 10.4. The highest BCUT2D eigenvalue weighted by molar-refractivity contribution is 6.35. The summed E-state index contributed by atoms with van der Waals surface area (Å²) >= 11 is 18.0. The quantitative estimate of drug-likeness (QED) is 0.764. The van der Waals surface area contributed by atoms with E-state index in [4.69, 9.17) is 39.5 Å². The Bertz CT molecular complexity index is 602. The number of hydrogen-bond donors (Lipinski definition) is 1. The van der Waals surface area contributed by atoms with Crippen LogP contribution in [0.4, 0.5) is 5.69 Å². The van der Waals surface area contributed by atoms with Gasteiger partial charge in [-0.25, -0.2) is 0 Å². The first-order valence-corrected chi connectivity index (χ1v) is 7.33. The predicted molar refractivity (Wildman–Crippen MR) is 86.4 cm³/mol. The van der Waals surface area contributed by atoms with Crippen LogP contribution in [-0.4, -0.2) is 6.61 Å². The molecule has 0 fully saturated rings. The van der Waals surface area contributed by atoms with Gasteiger partial charge in [0.2, 0.25) is 0 Å². The first-order chi connectivity index (χ1) is 9.60. The van der Waals surface area contributed by atoms with Crippen molar-refractivity contribution in [1.82, 2.24) is 0 Å². The average molecular weight is 331 g/mol. The lowest BCUT2D eigenvalue weighted by Gasteiger charge is -2.13. The largest absolute Gasteiger partial charge is 0.492 e. The van der Waals surface area contributed by atoms with Gasteiger partial charge in [-0.05, 0) is 42.8 Å². The molecule has 106 valence electrons. The van der Waals surface area contributed by atoms with Crippen LogP contribution in [-0.2, 0) is 6.54 Å². The van der Waals surface area contributed by atoms with Crippen LogP contribution in [0.5, 0.6) is 5.75 Å². The van der Waals surface area contributed by atoms with E-state index in [-0.39, 0.29) is 0 Å². The Morgan fingerprint density at radius 1 is 1.00 bits per heavy atom. The number of nitrogens with one attached hydrogen (secondary N) is 1. The fourth-order valence-corrected chi connectivity index (χ4v) is 2.42. The Labute approximate surface area is 133 Å². The van der Waals surface area contributed by atoms with Crippen molar-refractivity contribution in [2.45, 2.75) is 13.5 Å². The number of ether oxygens (including phenoxy) is 1. The summed E-state index contributed by atoms with van der Waals surface area (Å²) in [5, 5.41) is 5.18. The van der Waals surface area contributed by atoms with E-state index in [1.54, 1.807) is 12.1 Å². The Balaban J connectivity index is 2.15. The van der Waals surface area contributed by atoms with Crippen LogP contribution in [0, 0.1) is 0 Å². The van der Waals surface area contributed by atoms with Gasteiger partial charge in [-0.1, -0.05) is 40.9 Å². The molecule has 0 saturated carbocycles. The summed E-state index contributed by atoms with van der Waals surface area (Å²) < 4.78 is 5.55. The van der Waals surface area contributed by atoms with Crippen molar-refractivity contribution in [3.05, 3.63) is 57.0 Å². The molecule has 2 aromatic carbocycles. The maximum absolute atomic E-state index is 6.15. The van der Waals surface area contributed by atoms with Gasteiger partial charge in [-0.3, -0.25) is 0 Å². The molecule has 20 heavy (non-hydrogen) atoms. The molecule has 2 rings (SSSR count). The maximum Gasteiger partial charge on any atom is 0.142 e. The van der Waals surface area contributed by atoms with Gasteiger partial charge in [0, 0.05) is 21.6 Å². The van der Waals surface area contributed by atoms with Crippen molar-refractivity contribution in [2.24, 2.45) is 0 Å². The molecule has 2 aromatic rings. The van der Waals surface area contributed by atoms with E-state index < -0.39 is 0 Å². The molecule has 0 saturated heterocycles. The zero-order chi connectivity index (χ0) is 14.5. The number of hydrogen-bond acceptors (Lipinski definition) is 2.